The molecule has 1 aliphatic rings. The molecule has 178 valence electrons. The van der Waals surface area contributed by atoms with Crippen LogP contribution in [-0.2, 0) is 5.41 Å². The van der Waals surface area contributed by atoms with E-state index in [1.807, 2.05) is 60.7 Å². The van der Waals surface area contributed by atoms with E-state index < -0.39 is 5.41 Å². The SMILES string of the molecule is CC(C)(c1cccc(C(=O)c2ccccc2)c1)c1cc(NC(N)=NCCN2CCCCC2)on1. The Labute approximate surface area is 201 Å². The molecule has 7 heteroatoms. The van der Waals surface area contributed by atoms with Crippen LogP contribution in [-0.4, -0.2) is 48.0 Å². The Kier molecular flexibility index (Phi) is 7.43. The summed E-state index contributed by atoms with van der Waals surface area (Å²) in [7, 11) is 0. The number of carbonyl (C=O) groups is 1. The average Bonchev–Trinajstić information content (AvgIpc) is 3.34. The number of nitrogens with zero attached hydrogens (tertiary/aromatic N) is 3. The number of nitrogens with one attached hydrogen (secondary N) is 1. The third kappa shape index (κ3) is 5.72. The van der Waals surface area contributed by atoms with Gasteiger partial charge in [-0.25, -0.2) is 0 Å². The number of rotatable bonds is 8. The maximum Gasteiger partial charge on any atom is 0.231 e. The van der Waals surface area contributed by atoms with Crippen molar-refractivity contribution in [2.24, 2.45) is 10.7 Å². The van der Waals surface area contributed by atoms with Crippen molar-refractivity contribution >= 4 is 17.6 Å². The molecule has 0 saturated carbocycles. The molecule has 3 aromatic rings. The Bertz CT molecular complexity index is 1130. The first kappa shape index (κ1) is 23.7. The monoisotopic (exact) mass is 459 g/mol. The highest BCUT2D eigenvalue weighted by Crippen LogP contribution is 2.32. The minimum atomic E-state index is -0.476. The molecule has 0 unspecified atom stereocenters. The summed E-state index contributed by atoms with van der Waals surface area (Å²) in [4.78, 5) is 19.7. The fourth-order valence-electron chi connectivity index (χ4n) is 4.24. The van der Waals surface area contributed by atoms with Gasteiger partial charge in [0.15, 0.2) is 11.7 Å². The van der Waals surface area contributed by atoms with Gasteiger partial charge in [0.05, 0.1) is 12.2 Å². The van der Waals surface area contributed by atoms with Crippen LogP contribution in [0.15, 0.2) is 70.2 Å². The molecule has 34 heavy (non-hydrogen) atoms. The maximum atomic E-state index is 12.9. The van der Waals surface area contributed by atoms with Crippen LogP contribution >= 0.6 is 0 Å². The second-order valence-corrected chi connectivity index (χ2v) is 9.27. The summed E-state index contributed by atoms with van der Waals surface area (Å²) >= 11 is 0. The number of ketones is 1. The lowest BCUT2D eigenvalue weighted by Crippen LogP contribution is -2.32. The quantitative estimate of drug-likeness (QED) is 0.294. The lowest BCUT2D eigenvalue weighted by atomic mass is 9.80. The highest BCUT2D eigenvalue weighted by atomic mass is 16.5. The first-order valence-corrected chi connectivity index (χ1v) is 11.9. The molecule has 0 atom stereocenters. The Morgan fingerprint density at radius 2 is 1.79 bits per heavy atom. The minimum Gasteiger partial charge on any atom is -0.370 e. The summed E-state index contributed by atoms with van der Waals surface area (Å²) in [5, 5.41) is 7.26. The molecule has 3 N–H and O–H groups in total. The van der Waals surface area contributed by atoms with Crippen LogP contribution in [0.25, 0.3) is 0 Å². The first-order chi connectivity index (χ1) is 16.4. The smallest absolute Gasteiger partial charge is 0.231 e. The molecule has 1 fully saturated rings. The Balaban J connectivity index is 1.42. The number of piperidine rings is 1. The van der Waals surface area contributed by atoms with E-state index in [0.717, 1.165) is 30.9 Å². The van der Waals surface area contributed by atoms with Crippen molar-refractivity contribution in [2.75, 3.05) is 31.5 Å². The lowest BCUT2D eigenvalue weighted by molar-refractivity contribution is 0.103. The van der Waals surface area contributed by atoms with E-state index in [2.05, 4.69) is 34.2 Å². The molecule has 1 aliphatic heterocycles. The van der Waals surface area contributed by atoms with Crippen molar-refractivity contribution in [2.45, 2.75) is 38.5 Å². The number of likely N-dealkylation sites (tertiary alicyclic amines) is 1. The molecular weight excluding hydrogens is 426 g/mol. The predicted molar refractivity (Wildman–Crippen MR) is 135 cm³/mol. The second-order valence-electron chi connectivity index (χ2n) is 9.27. The summed E-state index contributed by atoms with van der Waals surface area (Å²) in [6, 6.07) is 18.8. The van der Waals surface area contributed by atoms with Gasteiger partial charge in [0.2, 0.25) is 5.88 Å². The molecule has 0 spiro atoms. The van der Waals surface area contributed by atoms with Gasteiger partial charge >= 0.3 is 0 Å². The third-order valence-electron chi connectivity index (χ3n) is 6.43. The van der Waals surface area contributed by atoms with Crippen molar-refractivity contribution in [3.8, 4) is 0 Å². The molecular formula is C27H33N5O2. The van der Waals surface area contributed by atoms with Crippen LogP contribution < -0.4 is 11.1 Å². The number of nitrogens with two attached hydrogens (primary N) is 1. The molecule has 2 aromatic carbocycles. The number of aromatic nitrogens is 1. The van der Waals surface area contributed by atoms with Gasteiger partial charge in [0.1, 0.15) is 0 Å². The fraction of sp³-hybridized carbons (Fsp3) is 0.370. The van der Waals surface area contributed by atoms with Gasteiger partial charge in [0, 0.05) is 29.2 Å². The topological polar surface area (TPSA) is 96.8 Å². The summed E-state index contributed by atoms with van der Waals surface area (Å²) in [5.74, 6) is 0.751. The van der Waals surface area contributed by atoms with Crippen molar-refractivity contribution in [1.29, 1.82) is 0 Å². The van der Waals surface area contributed by atoms with E-state index in [-0.39, 0.29) is 5.78 Å². The molecule has 1 saturated heterocycles. The summed E-state index contributed by atoms with van der Waals surface area (Å²) < 4.78 is 5.49. The van der Waals surface area contributed by atoms with E-state index in [0.29, 0.717) is 29.5 Å². The predicted octanol–water partition coefficient (Wildman–Crippen LogP) is 4.44. The summed E-state index contributed by atoms with van der Waals surface area (Å²) in [6.45, 7) is 7.94. The minimum absolute atomic E-state index is 0.00528. The zero-order valence-corrected chi connectivity index (χ0v) is 20.0. The first-order valence-electron chi connectivity index (χ1n) is 11.9. The summed E-state index contributed by atoms with van der Waals surface area (Å²) in [5.41, 5.74) is 8.59. The molecule has 7 nitrogen and oxygen atoms in total. The van der Waals surface area contributed by atoms with Gasteiger partial charge in [0.25, 0.3) is 0 Å². The van der Waals surface area contributed by atoms with E-state index >= 15 is 0 Å². The number of anilines is 1. The summed E-state index contributed by atoms with van der Waals surface area (Å²) in [6.07, 6.45) is 3.84. The van der Waals surface area contributed by atoms with Gasteiger partial charge in [-0.2, -0.15) is 0 Å². The lowest BCUT2D eigenvalue weighted by Gasteiger charge is -2.25. The number of hydrogen-bond donors (Lipinski definition) is 2. The van der Waals surface area contributed by atoms with Crippen LogP contribution in [0.5, 0.6) is 0 Å². The van der Waals surface area contributed by atoms with Crippen LogP contribution in [0.2, 0.25) is 0 Å². The molecule has 1 aromatic heterocycles. The standard InChI is InChI=1S/C27H33N5O2/c1-27(2,22-13-9-12-21(18-22)25(33)20-10-5-3-6-11-20)23-19-24(34-31-23)30-26(28)29-14-17-32-15-7-4-8-16-32/h3,5-6,9-13,18-19H,4,7-8,14-17H2,1-2H3,(H3,28,29,30). The van der Waals surface area contributed by atoms with Crippen LogP contribution in [0.4, 0.5) is 5.88 Å². The Hall–Kier alpha value is -3.45. The molecule has 0 bridgehead atoms. The van der Waals surface area contributed by atoms with Crippen LogP contribution in [0.3, 0.4) is 0 Å². The third-order valence-corrected chi connectivity index (χ3v) is 6.43. The second kappa shape index (κ2) is 10.7. The zero-order chi connectivity index (χ0) is 24.0. The van der Waals surface area contributed by atoms with Gasteiger partial charge in [-0.05, 0) is 37.6 Å². The Morgan fingerprint density at radius 3 is 2.56 bits per heavy atom. The fourth-order valence-corrected chi connectivity index (χ4v) is 4.24. The highest BCUT2D eigenvalue weighted by molar-refractivity contribution is 6.09. The maximum absolute atomic E-state index is 12.9. The van der Waals surface area contributed by atoms with Crippen molar-refractivity contribution in [3.63, 3.8) is 0 Å². The van der Waals surface area contributed by atoms with Crippen LogP contribution in [0.1, 0.15) is 60.3 Å². The van der Waals surface area contributed by atoms with Gasteiger partial charge in [-0.1, -0.05) is 74.0 Å². The molecule has 0 amide bonds. The van der Waals surface area contributed by atoms with Gasteiger partial charge in [-0.3, -0.25) is 15.1 Å². The van der Waals surface area contributed by atoms with Crippen molar-refractivity contribution in [1.82, 2.24) is 10.1 Å². The normalized spacial score (nSPS) is 15.3. The zero-order valence-electron chi connectivity index (χ0n) is 20.0. The Morgan fingerprint density at radius 1 is 1.06 bits per heavy atom. The molecule has 2 heterocycles. The highest BCUT2D eigenvalue weighted by Gasteiger charge is 2.28. The van der Waals surface area contributed by atoms with Crippen molar-refractivity contribution < 1.29 is 9.32 Å². The van der Waals surface area contributed by atoms with E-state index in [4.69, 9.17) is 10.3 Å². The largest absolute Gasteiger partial charge is 0.370 e. The van der Waals surface area contributed by atoms with Crippen molar-refractivity contribution in [3.05, 3.63) is 83.0 Å². The number of hydrogen-bond acceptors (Lipinski definition) is 5. The molecule has 0 aliphatic carbocycles. The van der Waals surface area contributed by atoms with Crippen LogP contribution in [0, 0.1) is 0 Å². The van der Waals surface area contributed by atoms with E-state index in [1.165, 1.54) is 19.3 Å². The molecule has 0 radical (unpaired) electrons. The average molecular weight is 460 g/mol. The van der Waals surface area contributed by atoms with E-state index in [9.17, 15) is 4.79 Å². The van der Waals surface area contributed by atoms with Gasteiger partial charge in [-0.15, -0.1) is 0 Å². The number of carbonyl (C=O) groups excluding carboxylic acids is 1. The molecule has 4 rings (SSSR count). The number of aliphatic imine (C=N–C) groups is 1. The number of benzene rings is 2. The van der Waals surface area contributed by atoms with E-state index in [1.54, 1.807) is 0 Å². The number of guanidine groups is 1. The van der Waals surface area contributed by atoms with Gasteiger partial charge < -0.3 is 15.2 Å².